The first-order valence-electron chi connectivity index (χ1n) is 6.13. The van der Waals surface area contributed by atoms with E-state index < -0.39 is 56.6 Å². The van der Waals surface area contributed by atoms with Crippen molar-refractivity contribution in [3.05, 3.63) is 15.1 Å². The number of primary sulfonamides is 2. The molecule has 1 aromatic rings. The van der Waals surface area contributed by atoms with Gasteiger partial charge in [0.1, 0.15) is 9.79 Å². The maximum atomic E-state index is 11.7. The SMILES string of the molecule is CCCNC(=O)Nc1c(Cl)c(S(N)(=O)=O)c(Cl)c(S(N)(=O)=O)c1Cl. The van der Waals surface area contributed by atoms with Gasteiger partial charge in [0.15, 0.2) is 0 Å². The van der Waals surface area contributed by atoms with E-state index in [0.29, 0.717) is 13.0 Å². The molecule has 0 saturated carbocycles. The number of carbonyl (C=O) groups is 1. The minimum absolute atomic E-state index is 0.290. The highest BCUT2D eigenvalue weighted by molar-refractivity contribution is 7.90. The van der Waals surface area contributed by atoms with Crippen molar-refractivity contribution in [2.75, 3.05) is 11.9 Å². The van der Waals surface area contributed by atoms with Crippen LogP contribution in [-0.4, -0.2) is 29.4 Å². The minimum Gasteiger partial charge on any atom is -0.338 e. The first-order chi connectivity index (χ1) is 10.8. The van der Waals surface area contributed by atoms with Gasteiger partial charge in [-0.05, 0) is 6.42 Å². The molecule has 0 saturated heterocycles. The van der Waals surface area contributed by atoms with Crippen molar-refractivity contribution in [1.29, 1.82) is 0 Å². The Morgan fingerprint density at radius 3 is 1.71 bits per heavy atom. The maximum Gasteiger partial charge on any atom is 0.319 e. The normalized spacial score (nSPS) is 12.1. The van der Waals surface area contributed by atoms with Crippen molar-refractivity contribution in [2.24, 2.45) is 10.3 Å². The maximum absolute atomic E-state index is 11.7. The lowest BCUT2D eigenvalue weighted by Crippen LogP contribution is -2.30. The van der Waals surface area contributed by atoms with E-state index in [0.717, 1.165) is 0 Å². The van der Waals surface area contributed by atoms with Crippen molar-refractivity contribution >= 4 is 66.6 Å². The minimum atomic E-state index is -4.55. The van der Waals surface area contributed by atoms with Gasteiger partial charge in [0, 0.05) is 6.54 Å². The molecule has 1 rings (SSSR count). The number of nitrogens with two attached hydrogens (primary N) is 2. The van der Waals surface area contributed by atoms with E-state index in [1.807, 2.05) is 0 Å². The zero-order chi connectivity index (χ0) is 18.9. The largest absolute Gasteiger partial charge is 0.338 e. The summed E-state index contributed by atoms with van der Waals surface area (Å²) in [4.78, 5) is 9.90. The Hall–Kier alpha value is -0.820. The summed E-state index contributed by atoms with van der Waals surface area (Å²) < 4.78 is 46.7. The Labute approximate surface area is 153 Å². The van der Waals surface area contributed by atoms with Gasteiger partial charge in [-0.2, -0.15) is 0 Å². The molecule has 0 fully saturated rings. The van der Waals surface area contributed by atoms with Crippen LogP contribution < -0.4 is 20.9 Å². The third-order valence-corrected chi connectivity index (χ3v) is 6.12. The highest BCUT2D eigenvalue weighted by atomic mass is 35.5. The number of carbonyl (C=O) groups excluding carboxylic acids is 1. The van der Waals surface area contributed by atoms with Crippen LogP contribution in [0.4, 0.5) is 10.5 Å². The van der Waals surface area contributed by atoms with E-state index in [1.54, 1.807) is 6.92 Å². The molecular weight excluding hydrogens is 427 g/mol. The first-order valence-corrected chi connectivity index (χ1v) is 10.4. The highest BCUT2D eigenvalue weighted by Gasteiger charge is 2.32. The summed E-state index contributed by atoms with van der Waals surface area (Å²) in [5, 5.41) is 12.4. The Bertz CT molecular complexity index is 827. The van der Waals surface area contributed by atoms with E-state index in [1.165, 1.54) is 0 Å². The molecule has 9 nitrogen and oxygen atoms in total. The zero-order valence-corrected chi connectivity index (χ0v) is 16.0. The number of amides is 2. The topological polar surface area (TPSA) is 161 Å². The van der Waals surface area contributed by atoms with E-state index >= 15 is 0 Å². The number of sulfonamides is 2. The smallest absolute Gasteiger partial charge is 0.319 e. The summed E-state index contributed by atoms with van der Waals surface area (Å²) in [6, 6.07) is -0.802. The summed E-state index contributed by atoms with van der Waals surface area (Å²) >= 11 is 17.6. The number of nitrogens with one attached hydrogen (secondary N) is 2. The van der Waals surface area contributed by atoms with Crippen molar-refractivity contribution in [3.8, 4) is 0 Å². The lowest BCUT2D eigenvalue weighted by Gasteiger charge is -2.17. The van der Waals surface area contributed by atoms with Crippen LogP contribution in [0.1, 0.15) is 13.3 Å². The van der Waals surface area contributed by atoms with Crippen molar-refractivity contribution < 1.29 is 21.6 Å². The third kappa shape index (κ3) is 4.63. The molecule has 0 heterocycles. The van der Waals surface area contributed by atoms with Crippen LogP contribution in [0.2, 0.25) is 15.1 Å². The van der Waals surface area contributed by atoms with Gasteiger partial charge in [-0.15, -0.1) is 0 Å². The van der Waals surface area contributed by atoms with Crippen molar-refractivity contribution in [1.82, 2.24) is 5.32 Å². The lowest BCUT2D eigenvalue weighted by molar-refractivity contribution is 0.252. The van der Waals surface area contributed by atoms with Crippen molar-refractivity contribution in [2.45, 2.75) is 23.1 Å². The molecule has 0 bridgehead atoms. The molecule has 6 N–H and O–H groups in total. The standard InChI is InChI=1S/C10H13Cl3N4O5S2/c1-2-3-16-10(18)17-7-4(11)8(23(14,19)20)6(13)9(5(7)12)24(15,21)22/h2-3H2,1H3,(H2,14,19,20)(H2,15,21,22)(H2,16,17,18). The fourth-order valence-corrected chi connectivity index (χ4v) is 5.19. The van der Waals surface area contributed by atoms with Crippen LogP contribution >= 0.6 is 34.8 Å². The fraction of sp³-hybridized carbons (Fsp3) is 0.300. The molecule has 0 atom stereocenters. The number of urea groups is 1. The molecule has 0 aromatic heterocycles. The average molecular weight is 440 g/mol. The molecule has 14 heteroatoms. The molecule has 1 aromatic carbocycles. The molecule has 24 heavy (non-hydrogen) atoms. The Morgan fingerprint density at radius 1 is 0.958 bits per heavy atom. The molecule has 2 amide bonds. The summed E-state index contributed by atoms with van der Waals surface area (Å²) in [7, 11) is -9.11. The summed E-state index contributed by atoms with van der Waals surface area (Å²) in [6.07, 6.45) is 0.611. The second-order valence-electron chi connectivity index (χ2n) is 4.45. The number of anilines is 1. The predicted molar refractivity (Wildman–Crippen MR) is 91.5 cm³/mol. The average Bonchev–Trinajstić information content (AvgIpc) is 2.37. The van der Waals surface area contributed by atoms with Gasteiger partial charge in [0.05, 0.1) is 20.8 Å². The van der Waals surface area contributed by atoms with E-state index in [-0.39, 0.29) is 0 Å². The quantitative estimate of drug-likeness (QED) is 0.545. The van der Waals surface area contributed by atoms with E-state index in [4.69, 9.17) is 45.1 Å². The second kappa shape index (κ2) is 7.60. The van der Waals surface area contributed by atoms with Gasteiger partial charge in [-0.1, -0.05) is 41.7 Å². The predicted octanol–water partition coefficient (Wildman–Crippen LogP) is 1.47. The number of benzene rings is 1. The first kappa shape index (κ1) is 21.2. The molecule has 0 radical (unpaired) electrons. The van der Waals surface area contributed by atoms with Gasteiger partial charge >= 0.3 is 6.03 Å². The van der Waals surface area contributed by atoms with Gasteiger partial charge in [0.2, 0.25) is 20.0 Å². The van der Waals surface area contributed by atoms with Crippen LogP contribution in [0.25, 0.3) is 0 Å². The Morgan fingerprint density at radius 2 is 1.38 bits per heavy atom. The molecule has 136 valence electrons. The summed E-state index contributed by atoms with van der Waals surface area (Å²) in [5.41, 5.74) is -0.510. The number of hydrogen-bond acceptors (Lipinski definition) is 5. The zero-order valence-electron chi connectivity index (χ0n) is 12.1. The molecule has 0 aliphatic heterocycles. The number of rotatable bonds is 5. The Kier molecular flexibility index (Phi) is 6.72. The van der Waals surface area contributed by atoms with Crippen LogP contribution in [0.15, 0.2) is 9.79 Å². The molecule has 0 aliphatic carbocycles. The highest BCUT2D eigenvalue weighted by Crippen LogP contribution is 2.45. The summed E-state index contributed by atoms with van der Waals surface area (Å²) in [5.74, 6) is 0. The lowest BCUT2D eigenvalue weighted by atomic mass is 10.3. The molecule has 0 aliphatic rings. The summed E-state index contributed by atoms with van der Waals surface area (Å²) in [6.45, 7) is 2.08. The monoisotopic (exact) mass is 438 g/mol. The van der Waals surface area contributed by atoms with Crippen molar-refractivity contribution in [3.63, 3.8) is 0 Å². The fourth-order valence-electron chi connectivity index (χ4n) is 1.62. The molecule has 0 spiro atoms. The number of hydrogen-bond donors (Lipinski definition) is 4. The molecular formula is C10H13Cl3N4O5S2. The Balaban J connectivity index is 3.75. The van der Waals surface area contributed by atoms with E-state index in [2.05, 4.69) is 10.6 Å². The van der Waals surface area contributed by atoms with Gasteiger partial charge in [-0.3, -0.25) is 0 Å². The van der Waals surface area contributed by atoms with Crippen LogP contribution in [0.5, 0.6) is 0 Å². The van der Waals surface area contributed by atoms with Gasteiger partial charge < -0.3 is 10.6 Å². The third-order valence-electron chi connectivity index (χ3n) is 2.58. The van der Waals surface area contributed by atoms with Crippen LogP contribution in [-0.2, 0) is 20.0 Å². The van der Waals surface area contributed by atoms with Gasteiger partial charge in [-0.25, -0.2) is 31.9 Å². The van der Waals surface area contributed by atoms with Gasteiger partial charge in [0.25, 0.3) is 0 Å². The van der Waals surface area contributed by atoms with Crippen LogP contribution in [0.3, 0.4) is 0 Å². The second-order valence-corrected chi connectivity index (χ2v) is 8.58. The molecule has 0 unspecified atom stereocenters. The van der Waals surface area contributed by atoms with Crippen LogP contribution in [0, 0.1) is 0 Å². The number of halogens is 3. The van der Waals surface area contributed by atoms with E-state index in [9.17, 15) is 21.6 Å².